The van der Waals surface area contributed by atoms with Gasteiger partial charge in [0.25, 0.3) is 0 Å². The van der Waals surface area contributed by atoms with Gasteiger partial charge in [-0.3, -0.25) is 9.89 Å². The van der Waals surface area contributed by atoms with Crippen LogP contribution in [0, 0.1) is 11.7 Å². The van der Waals surface area contributed by atoms with Crippen LogP contribution in [0.15, 0.2) is 42.6 Å². The van der Waals surface area contributed by atoms with Crippen LogP contribution >= 0.6 is 0 Å². The number of carbonyl (C=O) groups is 1. The third kappa shape index (κ3) is 3.10. The van der Waals surface area contributed by atoms with Gasteiger partial charge in [-0.25, -0.2) is 9.37 Å². The SMILES string of the molecule is COC(=O)C1CN(c2nc3cc4[nH]ncc4cc3c(-c3ccc(F)cc3)c2C(C)C)C1O. The van der Waals surface area contributed by atoms with E-state index in [2.05, 4.69) is 24.0 Å². The van der Waals surface area contributed by atoms with Crippen LogP contribution < -0.4 is 4.90 Å². The lowest BCUT2D eigenvalue weighted by Gasteiger charge is -2.45. The minimum atomic E-state index is -1.03. The Hall–Kier alpha value is -3.52. The zero-order valence-electron chi connectivity index (χ0n) is 18.0. The van der Waals surface area contributed by atoms with E-state index in [0.29, 0.717) is 17.9 Å². The third-order valence-corrected chi connectivity index (χ3v) is 6.12. The largest absolute Gasteiger partial charge is 0.469 e. The number of aromatic amines is 1. The van der Waals surface area contributed by atoms with Gasteiger partial charge in [-0.1, -0.05) is 26.0 Å². The average molecular weight is 434 g/mol. The molecule has 2 N–H and O–H groups in total. The number of nitrogens with zero attached hydrogens (tertiary/aromatic N) is 3. The molecule has 0 bridgehead atoms. The molecule has 5 rings (SSSR count). The first-order chi connectivity index (χ1) is 15.4. The average Bonchev–Trinajstić information content (AvgIpc) is 3.23. The third-order valence-electron chi connectivity index (χ3n) is 6.12. The Kier molecular flexibility index (Phi) is 4.82. The molecule has 0 saturated carbocycles. The van der Waals surface area contributed by atoms with E-state index in [1.54, 1.807) is 23.2 Å². The highest BCUT2D eigenvalue weighted by Crippen LogP contribution is 2.44. The van der Waals surface area contributed by atoms with Crippen LogP contribution in [0.4, 0.5) is 10.2 Å². The topological polar surface area (TPSA) is 91.3 Å². The molecule has 1 aliphatic rings. The van der Waals surface area contributed by atoms with Gasteiger partial charge < -0.3 is 14.7 Å². The maximum absolute atomic E-state index is 13.7. The number of H-pyrrole nitrogens is 1. The van der Waals surface area contributed by atoms with Crippen molar-refractivity contribution in [3.63, 3.8) is 0 Å². The smallest absolute Gasteiger partial charge is 0.315 e. The van der Waals surface area contributed by atoms with Gasteiger partial charge in [0.1, 0.15) is 23.8 Å². The Balaban J connectivity index is 1.79. The Bertz CT molecular complexity index is 1330. The Morgan fingerprint density at radius 1 is 1.28 bits per heavy atom. The number of pyridine rings is 1. The van der Waals surface area contributed by atoms with Crippen molar-refractivity contribution in [1.29, 1.82) is 0 Å². The van der Waals surface area contributed by atoms with Gasteiger partial charge in [-0.2, -0.15) is 5.10 Å². The van der Waals surface area contributed by atoms with Crippen LogP contribution in [-0.4, -0.2) is 46.1 Å². The molecule has 1 saturated heterocycles. The van der Waals surface area contributed by atoms with Gasteiger partial charge in [0.2, 0.25) is 0 Å². The molecule has 2 aromatic heterocycles. The summed E-state index contributed by atoms with van der Waals surface area (Å²) in [5.41, 5.74) is 4.27. The molecule has 0 amide bonds. The van der Waals surface area contributed by atoms with Crippen LogP contribution in [0.2, 0.25) is 0 Å². The summed E-state index contributed by atoms with van der Waals surface area (Å²) in [5.74, 6) is -0.722. The number of aromatic nitrogens is 3. The van der Waals surface area contributed by atoms with E-state index in [1.165, 1.54) is 19.2 Å². The number of nitrogens with one attached hydrogen (secondary N) is 1. The zero-order valence-corrected chi connectivity index (χ0v) is 18.0. The molecule has 2 atom stereocenters. The molecular formula is C24H23FN4O3. The van der Waals surface area contributed by atoms with E-state index in [1.807, 2.05) is 12.1 Å². The molecule has 0 spiro atoms. The number of methoxy groups -OCH3 is 1. The first kappa shape index (κ1) is 20.4. The number of hydrogen-bond acceptors (Lipinski definition) is 6. The number of aliphatic hydroxyl groups is 1. The van der Waals surface area contributed by atoms with E-state index in [-0.39, 0.29) is 11.7 Å². The summed E-state index contributed by atoms with van der Waals surface area (Å²) in [7, 11) is 1.31. The van der Waals surface area contributed by atoms with E-state index < -0.39 is 18.1 Å². The van der Waals surface area contributed by atoms with Crippen LogP contribution in [0.3, 0.4) is 0 Å². The lowest BCUT2D eigenvalue weighted by molar-refractivity contribution is -0.153. The highest BCUT2D eigenvalue weighted by Gasteiger charge is 2.45. The monoisotopic (exact) mass is 434 g/mol. The predicted molar refractivity (Wildman–Crippen MR) is 120 cm³/mol. The molecule has 0 radical (unpaired) electrons. The second-order valence-corrected chi connectivity index (χ2v) is 8.41. The Morgan fingerprint density at radius 2 is 2.03 bits per heavy atom. The zero-order chi connectivity index (χ0) is 22.6. The van der Waals surface area contributed by atoms with Gasteiger partial charge in [-0.05, 0) is 41.3 Å². The predicted octanol–water partition coefficient (Wildman–Crippen LogP) is 3.97. The second-order valence-electron chi connectivity index (χ2n) is 8.41. The number of fused-ring (bicyclic) bond motifs is 2. The van der Waals surface area contributed by atoms with Crippen molar-refractivity contribution >= 4 is 33.6 Å². The molecule has 4 aromatic rings. The standard InChI is InChI=1S/C24H23FN4O3/c1-12(2)20-21(13-4-6-15(25)7-5-13)16-8-14-10-26-28-18(14)9-19(16)27-22(20)29-11-17(23(29)30)24(31)32-3/h4-10,12,17,23,30H,11H2,1-3H3,(H,26,28). The molecule has 32 heavy (non-hydrogen) atoms. The fraction of sp³-hybridized carbons (Fsp3) is 0.292. The number of halogens is 1. The summed E-state index contributed by atoms with van der Waals surface area (Å²) in [6.07, 6.45) is 0.730. The van der Waals surface area contributed by atoms with E-state index >= 15 is 0 Å². The molecule has 1 fully saturated rings. The highest BCUT2D eigenvalue weighted by atomic mass is 19.1. The summed E-state index contributed by atoms with van der Waals surface area (Å²) in [5, 5.41) is 19.7. The number of esters is 1. The van der Waals surface area contributed by atoms with Gasteiger partial charge in [0.05, 0.1) is 24.3 Å². The minimum absolute atomic E-state index is 0.0476. The molecular weight excluding hydrogens is 411 g/mol. The van der Waals surface area contributed by atoms with Crippen molar-refractivity contribution in [3.8, 4) is 11.1 Å². The van der Waals surface area contributed by atoms with E-state index in [9.17, 15) is 14.3 Å². The van der Waals surface area contributed by atoms with Crippen molar-refractivity contribution in [2.45, 2.75) is 26.0 Å². The molecule has 2 unspecified atom stereocenters. The first-order valence-corrected chi connectivity index (χ1v) is 10.5. The second kappa shape index (κ2) is 7.56. The number of anilines is 1. The molecule has 8 heteroatoms. The van der Waals surface area contributed by atoms with Gasteiger partial charge in [0, 0.05) is 22.9 Å². The van der Waals surface area contributed by atoms with Crippen molar-refractivity contribution in [1.82, 2.24) is 15.2 Å². The Labute approximate surface area is 183 Å². The van der Waals surface area contributed by atoms with Gasteiger partial charge in [-0.15, -0.1) is 0 Å². The maximum atomic E-state index is 13.7. The van der Waals surface area contributed by atoms with Crippen molar-refractivity contribution < 1.29 is 19.0 Å². The normalized spacial score (nSPS) is 18.4. The number of ether oxygens (including phenoxy) is 1. The highest BCUT2D eigenvalue weighted by molar-refractivity contribution is 6.05. The van der Waals surface area contributed by atoms with Crippen molar-refractivity contribution in [2.24, 2.45) is 5.92 Å². The Morgan fingerprint density at radius 3 is 2.69 bits per heavy atom. The number of carbonyl (C=O) groups excluding carboxylic acids is 1. The quantitative estimate of drug-likeness (QED) is 0.473. The lowest BCUT2D eigenvalue weighted by atomic mass is 9.87. The number of benzene rings is 2. The van der Waals surface area contributed by atoms with Crippen LogP contribution in [0.5, 0.6) is 0 Å². The van der Waals surface area contributed by atoms with Crippen molar-refractivity contribution in [3.05, 3.63) is 54.0 Å². The maximum Gasteiger partial charge on any atom is 0.315 e. The first-order valence-electron chi connectivity index (χ1n) is 10.5. The lowest BCUT2D eigenvalue weighted by Crippen LogP contribution is -2.60. The summed E-state index contributed by atoms with van der Waals surface area (Å²) >= 11 is 0. The van der Waals surface area contributed by atoms with Crippen LogP contribution in [0.25, 0.3) is 32.9 Å². The molecule has 7 nitrogen and oxygen atoms in total. The molecule has 164 valence electrons. The number of rotatable bonds is 4. The molecule has 1 aliphatic heterocycles. The van der Waals surface area contributed by atoms with Crippen LogP contribution in [-0.2, 0) is 9.53 Å². The molecule has 0 aliphatic carbocycles. The van der Waals surface area contributed by atoms with Gasteiger partial charge in [0.15, 0.2) is 0 Å². The fourth-order valence-electron chi connectivity index (χ4n) is 4.45. The number of aliphatic hydroxyl groups excluding tert-OH is 1. The summed E-state index contributed by atoms with van der Waals surface area (Å²) in [6.45, 7) is 4.42. The molecule has 3 heterocycles. The summed E-state index contributed by atoms with van der Waals surface area (Å²) in [6, 6.07) is 10.3. The minimum Gasteiger partial charge on any atom is -0.469 e. The molecule has 2 aromatic carbocycles. The summed E-state index contributed by atoms with van der Waals surface area (Å²) in [4.78, 5) is 18.6. The summed E-state index contributed by atoms with van der Waals surface area (Å²) < 4.78 is 18.5. The number of hydrogen-bond donors (Lipinski definition) is 2. The van der Waals surface area contributed by atoms with E-state index in [0.717, 1.165) is 33.0 Å². The van der Waals surface area contributed by atoms with Crippen molar-refractivity contribution in [2.75, 3.05) is 18.6 Å². The van der Waals surface area contributed by atoms with Crippen LogP contribution in [0.1, 0.15) is 25.3 Å². The fourth-order valence-corrected chi connectivity index (χ4v) is 4.45. The van der Waals surface area contributed by atoms with E-state index in [4.69, 9.17) is 9.72 Å². The van der Waals surface area contributed by atoms with Gasteiger partial charge >= 0.3 is 5.97 Å².